The van der Waals surface area contributed by atoms with Gasteiger partial charge in [-0.1, -0.05) is 42.5 Å². The molecule has 0 spiro atoms. The van der Waals surface area contributed by atoms with E-state index in [9.17, 15) is 14.7 Å². The van der Waals surface area contributed by atoms with Crippen LogP contribution in [0.5, 0.6) is 5.75 Å². The van der Waals surface area contributed by atoms with Crippen LogP contribution in [0.2, 0.25) is 0 Å². The van der Waals surface area contributed by atoms with Crippen LogP contribution in [0.1, 0.15) is 37.4 Å². The van der Waals surface area contributed by atoms with E-state index in [1.165, 1.54) is 4.90 Å². The third-order valence-corrected chi connectivity index (χ3v) is 4.99. The standard InChI is InChI=1S/C24H27NO5/c1-3-29-16-8-15-25-21(17-11-13-19(14-12-17)30-4-2)20(23(27)24(25)28)22(26)18-9-6-5-7-10-18/h5-7,9-14,21,26H,3-4,8,15-16H2,1-2H3. The second-order valence-corrected chi connectivity index (χ2v) is 6.91. The molecule has 30 heavy (non-hydrogen) atoms. The minimum Gasteiger partial charge on any atom is -0.507 e. The minimum atomic E-state index is -0.674. The van der Waals surface area contributed by atoms with E-state index < -0.39 is 17.7 Å². The molecule has 6 heteroatoms. The Labute approximate surface area is 176 Å². The van der Waals surface area contributed by atoms with Crippen LogP contribution in [0.3, 0.4) is 0 Å². The quantitative estimate of drug-likeness (QED) is 0.294. The Balaban J connectivity index is 2.02. The number of aliphatic hydroxyl groups excluding tert-OH is 1. The highest BCUT2D eigenvalue weighted by Crippen LogP contribution is 2.39. The number of carbonyl (C=O) groups is 2. The molecule has 1 N–H and O–H groups in total. The Hall–Kier alpha value is -3.12. The molecule has 158 valence electrons. The van der Waals surface area contributed by atoms with Crippen molar-refractivity contribution in [3.8, 4) is 5.75 Å². The van der Waals surface area contributed by atoms with Gasteiger partial charge in [-0.05, 0) is 38.0 Å². The number of Topliss-reactive ketones (excluding diaryl/α,β-unsaturated/α-hetero) is 1. The molecule has 1 aliphatic heterocycles. The number of rotatable bonds is 9. The molecule has 1 amide bonds. The molecule has 1 atom stereocenters. The smallest absolute Gasteiger partial charge is 0.295 e. The number of hydrogen-bond donors (Lipinski definition) is 1. The second kappa shape index (κ2) is 10.1. The highest BCUT2D eigenvalue weighted by molar-refractivity contribution is 6.46. The summed E-state index contributed by atoms with van der Waals surface area (Å²) in [6, 6.07) is 15.4. The fourth-order valence-electron chi connectivity index (χ4n) is 3.60. The molecule has 3 rings (SSSR count). The van der Waals surface area contributed by atoms with Crippen LogP contribution in [0.4, 0.5) is 0 Å². The van der Waals surface area contributed by atoms with Gasteiger partial charge in [0, 0.05) is 25.3 Å². The van der Waals surface area contributed by atoms with E-state index >= 15 is 0 Å². The first-order chi connectivity index (χ1) is 14.6. The van der Waals surface area contributed by atoms with Crippen LogP contribution in [0, 0.1) is 0 Å². The van der Waals surface area contributed by atoms with Crippen molar-refractivity contribution in [2.45, 2.75) is 26.3 Å². The van der Waals surface area contributed by atoms with E-state index in [1.807, 2.05) is 44.2 Å². The van der Waals surface area contributed by atoms with E-state index in [2.05, 4.69) is 0 Å². The van der Waals surface area contributed by atoms with Crippen molar-refractivity contribution in [1.29, 1.82) is 0 Å². The van der Waals surface area contributed by atoms with Gasteiger partial charge in [0.2, 0.25) is 0 Å². The number of benzene rings is 2. The lowest BCUT2D eigenvalue weighted by Crippen LogP contribution is -2.31. The van der Waals surface area contributed by atoms with E-state index in [1.54, 1.807) is 24.3 Å². The highest BCUT2D eigenvalue weighted by Gasteiger charge is 2.45. The fraction of sp³-hybridized carbons (Fsp3) is 0.333. The number of hydrogen-bond acceptors (Lipinski definition) is 5. The van der Waals surface area contributed by atoms with Gasteiger partial charge in [-0.3, -0.25) is 9.59 Å². The van der Waals surface area contributed by atoms with Crippen LogP contribution in [0.25, 0.3) is 5.76 Å². The molecule has 1 saturated heterocycles. The molecule has 1 unspecified atom stereocenters. The van der Waals surface area contributed by atoms with Crippen molar-refractivity contribution in [3.05, 3.63) is 71.3 Å². The average Bonchev–Trinajstić information content (AvgIpc) is 3.02. The number of carbonyl (C=O) groups excluding carboxylic acids is 2. The summed E-state index contributed by atoms with van der Waals surface area (Å²) in [5.74, 6) is -0.743. The molecule has 0 aromatic heterocycles. The average molecular weight is 409 g/mol. The molecular formula is C24H27NO5. The second-order valence-electron chi connectivity index (χ2n) is 6.91. The van der Waals surface area contributed by atoms with E-state index in [0.717, 1.165) is 5.56 Å². The van der Waals surface area contributed by atoms with Crippen LogP contribution < -0.4 is 4.74 Å². The van der Waals surface area contributed by atoms with Gasteiger partial charge in [-0.25, -0.2) is 0 Å². The highest BCUT2D eigenvalue weighted by atomic mass is 16.5. The maximum atomic E-state index is 12.9. The third-order valence-electron chi connectivity index (χ3n) is 4.99. The zero-order valence-corrected chi connectivity index (χ0v) is 17.3. The molecule has 2 aromatic rings. The summed E-state index contributed by atoms with van der Waals surface area (Å²) in [7, 11) is 0. The van der Waals surface area contributed by atoms with Gasteiger partial charge in [-0.15, -0.1) is 0 Å². The molecule has 6 nitrogen and oxygen atoms in total. The Morgan fingerprint density at radius 3 is 2.33 bits per heavy atom. The summed E-state index contributed by atoms with van der Waals surface area (Å²) >= 11 is 0. The van der Waals surface area contributed by atoms with Gasteiger partial charge in [-0.2, -0.15) is 0 Å². The van der Waals surface area contributed by atoms with Crippen molar-refractivity contribution in [1.82, 2.24) is 4.90 Å². The predicted molar refractivity (Wildman–Crippen MR) is 114 cm³/mol. The minimum absolute atomic E-state index is 0.103. The van der Waals surface area contributed by atoms with Crippen molar-refractivity contribution in [3.63, 3.8) is 0 Å². The number of likely N-dealkylation sites (tertiary alicyclic amines) is 1. The molecule has 0 saturated carbocycles. The van der Waals surface area contributed by atoms with Gasteiger partial charge in [0.05, 0.1) is 18.2 Å². The number of ether oxygens (including phenoxy) is 2. The normalized spacial score (nSPS) is 18.1. The van der Waals surface area contributed by atoms with Gasteiger partial charge < -0.3 is 19.5 Å². The van der Waals surface area contributed by atoms with E-state index in [0.29, 0.717) is 44.1 Å². The maximum Gasteiger partial charge on any atom is 0.295 e. The molecule has 1 fully saturated rings. The molecule has 0 bridgehead atoms. The monoisotopic (exact) mass is 409 g/mol. The van der Waals surface area contributed by atoms with Crippen molar-refractivity contribution < 1.29 is 24.2 Å². The van der Waals surface area contributed by atoms with E-state index in [4.69, 9.17) is 9.47 Å². The SMILES string of the molecule is CCOCCCN1C(=O)C(=O)C(=C(O)c2ccccc2)C1c1ccc(OCC)cc1. The number of aliphatic hydroxyl groups is 1. The van der Waals surface area contributed by atoms with Crippen molar-refractivity contribution in [2.24, 2.45) is 0 Å². The molecule has 0 radical (unpaired) electrons. The van der Waals surface area contributed by atoms with E-state index in [-0.39, 0.29) is 11.3 Å². The van der Waals surface area contributed by atoms with Crippen LogP contribution in [-0.4, -0.2) is 48.1 Å². The summed E-state index contributed by atoms with van der Waals surface area (Å²) < 4.78 is 10.9. The summed E-state index contributed by atoms with van der Waals surface area (Å²) in [5.41, 5.74) is 1.35. The first kappa shape index (κ1) is 21.6. The molecule has 0 aliphatic carbocycles. The summed E-state index contributed by atoms with van der Waals surface area (Å²) in [6.45, 7) is 5.80. The Kier molecular flexibility index (Phi) is 7.25. The van der Waals surface area contributed by atoms with Gasteiger partial charge in [0.15, 0.2) is 0 Å². The Morgan fingerprint density at radius 2 is 1.70 bits per heavy atom. The van der Waals surface area contributed by atoms with Gasteiger partial charge in [0.1, 0.15) is 11.5 Å². The zero-order chi connectivity index (χ0) is 21.5. The number of nitrogens with zero attached hydrogens (tertiary/aromatic N) is 1. The third kappa shape index (κ3) is 4.54. The largest absolute Gasteiger partial charge is 0.507 e. The lowest BCUT2D eigenvalue weighted by atomic mass is 9.95. The zero-order valence-electron chi connectivity index (χ0n) is 17.3. The van der Waals surface area contributed by atoms with Crippen LogP contribution in [-0.2, 0) is 14.3 Å². The molecular weight excluding hydrogens is 382 g/mol. The van der Waals surface area contributed by atoms with Crippen molar-refractivity contribution in [2.75, 3.05) is 26.4 Å². The maximum absolute atomic E-state index is 12.9. The lowest BCUT2D eigenvalue weighted by Gasteiger charge is -2.25. The van der Waals surface area contributed by atoms with Gasteiger partial charge in [0.25, 0.3) is 11.7 Å². The molecule has 1 heterocycles. The van der Waals surface area contributed by atoms with Crippen LogP contribution >= 0.6 is 0 Å². The fourth-order valence-corrected chi connectivity index (χ4v) is 3.60. The van der Waals surface area contributed by atoms with Crippen LogP contribution in [0.15, 0.2) is 60.2 Å². The first-order valence-electron chi connectivity index (χ1n) is 10.2. The number of ketones is 1. The molecule has 1 aliphatic rings. The number of amides is 1. The van der Waals surface area contributed by atoms with Gasteiger partial charge >= 0.3 is 0 Å². The Bertz CT molecular complexity index is 905. The molecule has 2 aromatic carbocycles. The predicted octanol–water partition coefficient (Wildman–Crippen LogP) is 3.93. The summed E-state index contributed by atoms with van der Waals surface area (Å²) in [5, 5.41) is 10.9. The Morgan fingerprint density at radius 1 is 1.00 bits per heavy atom. The first-order valence-corrected chi connectivity index (χ1v) is 10.2. The topological polar surface area (TPSA) is 76.1 Å². The lowest BCUT2D eigenvalue weighted by molar-refractivity contribution is -0.140. The summed E-state index contributed by atoms with van der Waals surface area (Å²) in [4.78, 5) is 27.3. The van der Waals surface area contributed by atoms with Crippen molar-refractivity contribution >= 4 is 17.4 Å². The summed E-state index contributed by atoms with van der Waals surface area (Å²) in [6.07, 6.45) is 0.597.